The van der Waals surface area contributed by atoms with Crippen LogP contribution in [-0.2, 0) is 11.2 Å². The lowest BCUT2D eigenvalue weighted by Crippen LogP contribution is -2.54. The summed E-state index contributed by atoms with van der Waals surface area (Å²) < 4.78 is 18.6. The molecular formula is C18H24FNO3. The van der Waals surface area contributed by atoms with Gasteiger partial charge in [0.2, 0.25) is 5.91 Å². The Morgan fingerprint density at radius 1 is 1.48 bits per heavy atom. The van der Waals surface area contributed by atoms with Gasteiger partial charge in [-0.25, -0.2) is 4.39 Å². The van der Waals surface area contributed by atoms with E-state index in [1.807, 2.05) is 4.90 Å². The van der Waals surface area contributed by atoms with Crippen LogP contribution in [0.5, 0.6) is 5.75 Å². The minimum absolute atomic E-state index is 0.00686. The number of hydrogen-bond acceptors (Lipinski definition) is 3. The van der Waals surface area contributed by atoms with Crippen LogP contribution in [-0.4, -0.2) is 42.7 Å². The van der Waals surface area contributed by atoms with Crippen molar-refractivity contribution in [1.82, 2.24) is 4.90 Å². The lowest BCUT2D eigenvalue weighted by Gasteiger charge is -2.55. The quantitative estimate of drug-likeness (QED) is 0.925. The molecule has 5 heteroatoms. The number of hydrogen-bond donors (Lipinski definition) is 1. The summed E-state index contributed by atoms with van der Waals surface area (Å²) in [5, 5.41) is 9.76. The second-order valence-electron chi connectivity index (χ2n) is 7.66. The first-order chi connectivity index (χ1) is 10.8. The number of aliphatic hydroxyl groups excluding tert-OH is 1. The molecule has 0 spiro atoms. The molecule has 1 aromatic carbocycles. The summed E-state index contributed by atoms with van der Waals surface area (Å²) in [4.78, 5) is 14.4. The Bertz CT molecular complexity index is 631. The first-order valence-electron chi connectivity index (χ1n) is 8.02. The zero-order valence-electron chi connectivity index (χ0n) is 13.9. The zero-order chi connectivity index (χ0) is 16.8. The first-order valence-corrected chi connectivity index (χ1v) is 8.02. The number of aliphatic hydroxyl groups is 1. The maximum absolute atomic E-state index is 13.7. The van der Waals surface area contributed by atoms with Gasteiger partial charge in [0, 0.05) is 18.5 Å². The molecule has 0 radical (unpaired) electrons. The number of benzene rings is 1. The fourth-order valence-electron chi connectivity index (χ4n) is 4.64. The third-order valence-electron chi connectivity index (χ3n) is 5.64. The molecule has 1 N–H and O–H groups in total. The van der Waals surface area contributed by atoms with Gasteiger partial charge in [0.25, 0.3) is 0 Å². The van der Waals surface area contributed by atoms with Crippen molar-refractivity contribution in [3.8, 4) is 5.75 Å². The highest BCUT2D eigenvalue weighted by atomic mass is 19.1. The molecule has 0 bridgehead atoms. The fraction of sp³-hybridized carbons (Fsp3) is 0.611. The maximum atomic E-state index is 13.7. The summed E-state index contributed by atoms with van der Waals surface area (Å²) in [5.41, 5.74) is 0.679. The summed E-state index contributed by atoms with van der Waals surface area (Å²) in [6, 6.07) is 4.62. The maximum Gasteiger partial charge on any atom is 0.227 e. The van der Waals surface area contributed by atoms with Gasteiger partial charge in [0.15, 0.2) is 11.6 Å². The molecule has 2 aliphatic rings. The van der Waals surface area contributed by atoms with Crippen LogP contribution in [0.25, 0.3) is 0 Å². The van der Waals surface area contributed by atoms with Crippen molar-refractivity contribution in [2.45, 2.75) is 26.7 Å². The number of carbonyl (C=O) groups excluding carboxylic acids is 1. The Balaban J connectivity index is 1.69. The van der Waals surface area contributed by atoms with E-state index in [9.17, 15) is 14.3 Å². The van der Waals surface area contributed by atoms with Crippen molar-refractivity contribution in [3.05, 3.63) is 29.6 Å². The van der Waals surface area contributed by atoms with Gasteiger partial charge in [0.05, 0.1) is 20.1 Å². The number of likely N-dealkylation sites (tertiary alicyclic amines) is 1. The van der Waals surface area contributed by atoms with Crippen LogP contribution in [0, 0.1) is 22.6 Å². The number of nitrogens with zero attached hydrogens (tertiary/aromatic N) is 1. The van der Waals surface area contributed by atoms with Crippen molar-refractivity contribution >= 4 is 5.91 Å². The van der Waals surface area contributed by atoms with Crippen LogP contribution in [0.3, 0.4) is 0 Å². The van der Waals surface area contributed by atoms with Crippen LogP contribution in [0.1, 0.15) is 25.8 Å². The molecule has 1 aromatic rings. The van der Waals surface area contributed by atoms with Gasteiger partial charge in [-0.2, -0.15) is 0 Å². The molecule has 4 nitrogen and oxygen atoms in total. The Morgan fingerprint density at radius 2 is 2.22 bits per heavy atom. The van der Waals surface area contributed by atoms with Crippen molar-refractivity contribution in [2.75, 3.05) is 26.8 Å². The molecular weight excluding hydrogens is 297 g/mol. The van der Waals surface area contributed by atoms with Gasteiger partial charge in [0.1, 0.15) is 0 Å². The van der Waals surface area contributed by atoms with Crippen molar-refractivity contribution < 1.29 is 19.0 Å². The molecule has 3 rings (SSSR count). The van der Waals surface area contributed by atoms with Crippen LogP contribution in [0.2, 0.25) is 0 Å². The molecule has 1 aliphatic heterocycles. The van der Waals surface area contributed by atoms with Crippen LogP contribution in [0.4, 0.5) is 4.39 Å². The van der Waals surface area contributed by atoms with E-state index < -0.39 is 5.82 Å². The predicted octanol–water partition coefficient (Wildman–Crippen LogP) is 2.24. The number of ether oxygens (including phenoxy) is 1. The largest absolute Gasteiger partial charge is 0.494 e. The van der Waals surface area contributed by atoms with E-state index in [0.29, 0.717) is 24.6 Å². The summed E-state index contributed by atoms with van der Waals surface area (Å²) in [6.07, 6.45) is 1.12. The average Bonchev–Trinajstić information content (AvgIpc) is 2.83. The zero-order valence-corrected chi connectivity index (χ0v) is 13.9. The predicted molar refractivity (Wildman–Crippen MR) is 84.6 cm³/mol. The third kappa shape index (κ3) is 2.61. The normalized spacial score (nSPS) is 28.2. The number of halogens is 1. The van der Waals surface area contributed by atoms with Crippen LogP contribution < -0.4 is 4.74 Å². The first kappa shape index (κ1) is 16.2. The highest BCUT2D eigenvalue weighted by Gasteiger charge is 2.62. The van der Waals surface area contributed by atoms with E-state index in [1.165, 1.54) is 13.2 Å². The molecule has 1 saturated carbocycles. The number of amides is 1. The van der Waals surface area contributed by atoms with E-state index in [0.717, 1.165) is 6.42 Å². The standard InChI is InChI=1S/C18H24FNO3/c1-17(2)9-18(11-21)10-20(8-15(17)18)16(22)7-12-4-5-14(23-3)13(19)6-12/h4-6,15,21H,7-11H2,1-3H3/t15-,18-/m1/s1. The molecule has 1 amide bonds. The molecule has 23 heavy (non-hydrogen) atoms. The molecule has 0 aromatic heterocycles. The van der Waals surface area contributed by atoms with E-state index in [-0.39, 0.29) is 35.5 Å². The Labute approximate surface area is 136 Å². The SMILES string of the molecule is COc1ccc(CC(=O)N2C[C@@H]3C(C)(C)C[C@]3(CO)C2)cc1F. The van der Waals surface area contributed by atoms with Crippen LogP contribution in [0.15, 0.2) is 18.2 Å². The monoisotopic (exact) mass is 321 g/mol. The minimum Gasteiger partial charge on any atom is -0.494 e. The summed E-state index contributed by atoms with van der Waals surface area (Å²) in [6.45, 7) is 5.80. The van der Waals surface area contributed by atoms with E-state index >= 15 is 0 Å². The van der Waals surface area contributed by atoms with Gasteiger partial charge in [-0.1, -0.05) is 19.9 Å². The van der Waals surface area contributed by atoms with Gasteiger partial charge in [-0.3, -0.25) is 4.79 Å². The highest BCUT2D eigenvalue weighted by molar-refractivity contribution is 5.79. The number of fused-ring (bicyclic) bond motifs is 1. The molecule has 126 valence electrons. The molecule has 1 saturated heterocycles. The Kier molecular flexibility index (Phi) is 3.87. The van der Waals surface area contributed by atoms with Gasteiger partial charge < -0.3 is 14.7 Å². The molecule has 2 atom stereocenters. The number of carbonyl (C=O) groups is 1. The summed E-state index contributed by atoms with van der Waals surface area (Å²) >= 11 is 0. The van der Waals surface area contributed by atoms with E-state index in [4.69, 9.17) is 4.74 Å². The van der Waals surface area contributed by atoms with Crippen LogP contribution >= 0.6 is 0 Å². The minimum atomic E-state index is -0.452. The topological polar surface area (TPSA) is 49.8 Å². The Morgan fingerprint density at radius 3 is 2.74 bits per heavy atom. The lowest BCUT2D eigenvalue weighted by atomic mass is 9.48. The van der Waals surface area contributed by atoms with Gasteiger partial charge in [-0.05, 0) is 35.4 Å². The highest BCUT2D eigenvalue weighted by Crippen LogP contribution is 2.62. The molecule has 1 aliphatic carbocycles. The molecule has 1 heterocycles. The average molecular weight is 321 g/mol. The summed E-state index contributed by atoms with van der Waals surface area (Å²) in [7, 11) is 1.42. The van der Waals surface area contributed by atoms with E-state index in [2.05, 4.69) is 13.8 Å². The second kappa shape index (κ2) is 5.48. The molecule has 0 unspecified atom stereocenters. The number of methoxy groups -OCH3 is 1. The smallest absolute Gasteiger partial charge is 0.227 e. The van der Waals surface area contributed by atoms with Gasteiger partial charge in [-0.15, -0.1) is 0 Å². The van der Waals surface area contributed by atoms with Gasteiger partial charge >= 0.3 is 0 Å². The third-order valence-corrected chi connectivity index (χ3v) is 5.64. The van der Waals surface area contributed by atoms with Crippen molar-refractivity contribution in [1.29, 1.82) is 0 Å². The van der Waals surface area contributed by atoms with E-state index in [1.54, 1.807) is 12.1 Å². The number of rotatable bonds is 4. The molecule has 2 fully saturated rings. The second-order valence-corrected chi connectivity index (χ2v) is 7.66. The van der Waals surface area contributed by atoms with Crippen molar-refractivity contribution in [2.24, 2.45) is 16.7 Å². The summed E-state index contributed by atoms with van der Waals surface area (Å²) in [5.74, 6) is 0.0674. The lowest BCUT2D eigenvalue weighted by molar-refractivity contribution is -0.130. The Hall–Kier alpha value is -1.62. The fourth-order valence-corrected chi connectivity index (χ4v) is 4.64. The van der Waals surface area contributed by atoms with Crippen molar-refractivity contribution in [3.63, 3.8) is 0 Å².